The minimum Gasteiger partial charge on any atom is -0.337 e. The zero-order valence-electron chi connectivity index (χ0n) is 11.5. The van der Waals surface area contributed by atoms with Gasteiger partial charge < -0.3 is 10.6 Å². The molecule has 1 unspecified atom stereocenters. The average Bonchev–Trinajstić information content (AvgIpc) is 2.53. The second-order valence-electron chi connectivity index (χ2n) is 5.38. The molecule has 1 aromatic carbocycles. The van der Waals surface area contributed by atoms with E-state index in [9.17, 15) is 4.79 Å². The molecule has 0 radical (unpaired) electrons. The Morgan fingerprint density at radius 3 is 3.00 bits per heavy atom. The Kier molecular flexibility index (Phi) is 3.65. The van der Waals surface area contributed by atoms with Crippen LogP contribution in [0.15, 0.2) is 36.4 Å². The number of amides is 1. The fraction of sp³-hybridized carbons (Fsp3) is 0.375. The molecule has 3 rings (SSSR count). The Balaban J connectivity index is 1.84. The van der Waals surface area contributed by atoms with Crippen molar-refractivity contribution >= 4 is 16.8 Å². The number of piperidine rings is 1. The number of rotatable bonds is 2. The predicted octanol–water partition coefficient (Wildman–Crippen LogP) is 2.05. The van der Waals surface area contributed by atoms with Crippen molar-refractivity contribution in [3.8, 4) is 0 Å². The van der Waals surface area contributed by atoms with E-state index >= 15 is 0 Å². The number of carbonyl (C=O) groups excluding carboxylic acids is 1. The second kappa shape index (κ2) is 5.59. The first kappa shape index (κ1) is 13.1. The van der Waals surface area contributed by atoms with Crippen LogP contribution < -0.4 is 5.73 Å². The van der Waals surface area contributed by atoms with Crippen LogP contribution in [-0.4, -0.2) is 35.4 Å². The molecule has 2 aromatic rings. The molecule has 1 aliphatic rings. The molecule has 0 saturated carbocycles. The highest BCUT2D eigenvalue weighted by atomic mass is 16.2. The molecule has 1 aromatic heterocycles. The summed E-state index contributed by atoms with van der Waals surface area (Å²) in [6.07, 6.45) is 2.15. The van der Waals surface area contributed by atoms with E-state index in [1.165, 1.54) is 0 Å². The third-order valence-corrected chi connectivity index (χ3v) is 3.96. The summed E-state index contributed by atoms with van der Waals surface area (Å²) in [5, 5.41) is 1.06. The number of nitrogens with two attached hydrogens (primary N) is 1. The van der Waals surface area contributed by atoms with E-state index in [0.717, 1.165) is 36.8 Å². The van der Waals surface area contributed by atoms with Gasteiger partial charge >= 0.3 is 0 Å². The molecule has 1 fully saturated rings. The Morgan fingerprint density at radius 1 is 1.30 bits per heavy atom. The Labute approximate surface area is 118 Å². The van der Waals surface area contributed by atoms with Crippen molar-refractivity contribution in [3.63, 3.8) is 0 Å². The molecule has 4 nitrogen and oxygen atoms in total. The minimum atomic E-state index is 0.0221. The Bertz CT molecular complexity index is 626. The maximum Gasteiger partial charge on any atom is 0.272 e. The Hall–Kier alpha value is -1.94. The van der Waals surface area contributed by atoms with E-state index < -0.39 is 0 Å². The van der Waals surface area contributed by atoms with E-state index in [1.54, 1.807) is 0 Å². The monoisotopic (exact) mass is 269 g/mol. The van der Waals surface area contributed by atoms with Crippen LogP contribution in [0.25, 0.3) is 10.9 Å². The van der Waals surface area contributed by atoms with Crippen LogP contribution >= 0.6 is 0 Å². The summed E-state index contributed by atoms with van der Waals surface area (Å²) < 4.78 is 0. The quantitative estimate of drug-likeness (QED) is 0.907. The van der Waals surface area contributed by atoms with Gasteiger partial charge in [0.15, 0.2) is 0 Å². The van der Waals surface area contributed by atoms with Crippen LogP contribution in [0.1, 0.15) is 23.3 Å². The molecule has 2 N–H and O–H groups in total. The number of likely N-dealkylation sites (tertiary alicyclic amines) is 1. The van der Waals surface area contributed by atoms with Crippen LogP contribution in [0.4, 0.5) is 0 Å². The number of nitrogens with zero attached hydrogens (tertiary/aromatic N) is 2. The summed E-state index contributed by atoms with van der Waals surface area (Å²) in [4.78, 5) is 18.9. The van der Waals surface area contributed by atoms with Crippen molar-refractivity contribution in [2.24, 2.45) is 11.7 Å². The highest BCUT2D eigenvalue weighted by Crippen LogP contribution is 2.18. The lowest BCUT2D eigenvalue weighted by atomic mass is 9.98. The molecule has 1 amide bonds. The summed E-state index contributed by atoms with van der Waals surface area (Å²) >= 11 is 0. The SMILES string of the molecule is NCC1CCCN(C(=O)c2ccc3ccccc3n2)C1. The van der Waals surface area contributed by atoms with Crippen LogP contribution in [0.3, 0.4) is 0 Å². The fourth-order valence-corrected chi connectivity index (χ4v) is 2.79. The molecule has 1 atom stereocenters. The van der Waals surface area contributed by atoms with E-state index in [4.69, 9.17) is 5.73 Å². The van der Waals surface area contributed by atoms with Crippen molar-refractivity contribution in [3.05, 3.63) is 42.1 Å². The molecule has 20 heavy (non-hydrogen) atoms. The number of pyridine rings is 1. The minimum absolute atomic E-state index is 0.0221. The zero-order valence-corrected chi connectivity index (χ0v) is 11.5. The molecular formula is C16H19N3O. The van der Waals surface area contributed by atoms with Gasteiger partial charge in [-0.05, 0) is 37.4 Å². The highest BCUT2D eigenvalue weighted by molar-refractivity contribution is 5.94. The van der Waals surface area contributed by atoms with E-state index in [0.29, 0.717) is 18.2 Å². The number of carbonyl (C=O) groups is 1. The first-order chi connectivity index (χ1) is 9.78. The summed E-state index contributed by atoms with van der Waals surface area (Å²) in [6.45, 7) is 2.21. The lowest BCUT2D eigenvalue weighted by Gasteiger charge is -2.31. The molecule has 0 aliphatic carbocycles. The van der Waals surface area contributed by atoms with Gasteiger partial charge in [0.25, 0.3) is 5.91 Å². The first-order valence-electron chi connectivity index (χ1n) is 7.13. The molecule has 0 spiro atoms. The smallest absolute Gasteiger partial charge is 0.272 e. The molecule has 104 valence electrons. The normalized spacial score (nSPS) is 19.2. The van der Waals surface area contributed by atoms with Crippen LogP contribution in [0.2, 0.25) is 0 Å². The third-order valence-electron chi connectivity index (χ3n) is 3.96. The number of para-hydroxylation sites is 1. The number of benzene rings is 1. The summed E-state index contributed by atoms with van der Waals surface area (Å²) in [6, 6.07) is 11.6. The molecule has 2 heterocycles. The molecule has 1 aliphatic heterocycles. The van der Waals surface area contributed by atoms with Crippen LogP contribution in [0.5, 0.6) is 0 Å². The van der Waals surface area contributed by atoms with Gasteiger partial charge in [-0.15, -0.1) is 0 Å². The van der Waals surface area contributed by atoms with Crippen LogP contribution in [0, 0.1) is 5.92 Å². The Morgan fingerprint density at radius 2 is 2.15 bits per heavy atom. The lowest BCUT2D eigenvalue weighted by Crippen LogP contribution is -2.42. The maximum absolute atomic E-state index is 12.5. The number of hydrogen-bond donors (Lipinski definition) is 1. The third kappa shape index (κ3) is 2.51. The van der Waals surface area contributed by atoms with Gasteiger partial charge in [-0.1, -0.05) is 24.3 Å². The van der Waals surface area contributed by atoms with Gasteiger partial charge in [0, 0.05) is 18.5 Å². The van der Waals surface area contributed by atoms with Crippen molar-refractivity contribution < 1.29 is 4.79 Å². The lowest BCUT2D eigenvalue weighted by molar-refractivity contribution is 0.0672. The number of aromatic nitrogens is 1. The fourth-order valence-electron chi connectivity index (χ4n) is 2.79. The van der Waals surface area contributed by atoms with Gasteiger partial charge in [-0.3, -0.25) is 4.79 Å². The summed E-state index contributed by atoms with van der Waals surface area (Å²) in [5.74, 6) is 0.446. The van der Waals surface area contributed by atoms with Crippen molar-refractivity contribution in [2.75, 3.05) is 19.6 Å². The topological polar surface area (TPSA) is 59.2 Å². The van der Waals surface area contributed by atoms with Crippen molar-refractivity contribution in [2.45, 2.75) is 12.8 Å². The van der Waals surface area contributed by atoms with Gasteiger partial charge in [0.05, 0.1) is 5.52 Å². The largest absolute Gasteiger partial charge is 0.337 e. The van der Waals surface area contributed by atoms with E-state index in [-0.39, 0.29) is 5.91 Å². The molecule has 1 saturated heterocycles. The standard InChI is InChI=1S/C16H19N3O/c17-10-12-4-3-9-19(11-12)16(20)15-8-7-13-5-1-2-6-14(13)18-15/h1-2,5-8,12H,3-4,9-11,17H2. The van der Waals surface area contributed by atoms with Gasteiger partial charge in [-0.25, -0.2) is 4.98 Å². The van der Waals surface area contributed by atoms with Crippen molar-refractivity contribution in [1.29, 1.82) is 0 Å². The van der Waals surface area contributed by atoms with Crippen molar-refractivity contribution in [1.82, 2.24) is 9.88 Å². The van der Waals surface area contributed by atoms with Gasteiger partial charge in [-0.2, -0.15) is 0 Å². The predicted molar refractivity (Wildman–Crippen MR) is 79.4 cm³/mol. The number of hydrogen-bond acceptors (Lipinski definition) is 3. The van der Waals surface area contributed by atoms with Gasteiger partial charge in [0.2, 0.25) is 0 Å². The average molecular weight is 269 g/mol. The number of fused-ring (bicyclic) bond motifs is 1. The maximum atomic E-state index is 12.5. The van der Waals surface area contributed by atoms with E-state index in [2.05, 4.69) is 4.98 Å². The summed E-state index contributed by atoms with van der Waals surface area (Å²) in [5.41, 5.74) is 7.12. The zero-order chi connectivity index (χ0) is 13.9. The summed E-state index contributed by atoms with van der Waals surface area (Å²) in [7, 11) is 0. The van der Waals surface area contributed by atoms with Crippen LogP contribution in [-0.2, 0) is 0 Å². The molecule has 0 bridgehead atoms. The second-order valence-corrected chi connectivity index (χ2v) is 5.38. The highest BCUT2D eigenvalue weighted by Gasteiger charge is 2.24. The molecular weight excluding hydrogens is 250 g/mol. The van der Waals surface area contributed by atoms with E-state index in [1.807, 2.05) is 41.3 Å². The van der Waals surface area contributed by atoms with Gasteiger partial charge in [0.1, 0.15) is 5.69 Å². The molecule has 4 heteroatoms. The first-order valence-corrected chi connectivity index (χ1v) is 7.13.